The van der Waals surface area contributed by atoms with E-state index in [9.17, 15) is 0 Å². The predicted molar refractivity (Wildman–Crippen MR) is 50.9 cm³/mol. The molecule has 12 heavy (non-hydrogen) atoms. The molecule has 2 fully saturated rings. The van der Waals surface area contributed by atoms with Crippen LogP contribution in [0, 0.1) is 5.92 Å². The summed E-state index contributed by atoms with van der Waals surface area (Å²) in [6.45, 7) is 2.28. The van der Waals surface area contributed by atoms with Crippen molar-refractivity contribution in [3.8, 4) is 0 Å². The fraction of sp³-hybridized carbons (Fsp3) is 1.00. The maximum absolute atomic E-state index is 5.85. The molecule has 2 aliphatic rings. The molecule has 0 aliphatic heterocycles. The van der Waals surface area contributed by atoms with Gasteiger partial charge in [-0.25, -0.2) is 0 Å². The summed E-state index contributed by atoms with van der Waals surface area (Å²) < 4.78 is 0. The van der Waals surface area contributed by atoms with Crippen molar-refractivity contribution in [2.45, 2.75) is 57.2 Å². The minimum Gasteiger partial charge on any atom is -0.328 e. The standard InChI is InChI=1S/C10H20N2/c1-2-7-5-10(7)12-9-4-3-8(11)6-9/h7-10,12H,2-6,11H2,1H3. The molecule has 0 aromatic rings. The molecular weight excluding hydrogens is 148 g/mol. The maximum atomic E-state index is 5.85. The summed E-state index contributed by atoms with van der Waals surface area (Å²) in [4.78, 5) is 0. The van der Waals surface area contributed by atoms with Crippen molar-refractivity contribution in [2.75, 3.05) is 0 Å². The van der Waals surface area contributed by atoms with E-state index in [1.165, 1.54) is 32.1 Å². The van der Waals surface area contributed by atoms with E-state index in [4.69, 9.17) is 5.73 Å². The van der Waals surface area contributed by atoms with E-state index in [0.29, 0.717) is 6.04 Å². The summed E-state index contributed by atoms with van der Waals surface area (Å²) in [5.41, 5.74) is 5.85. The molecule has 70 valence electrons. The molecule has 4 unspecified atom stereocenters. The van der Waals surface area contributed by atoms with Crippen LogP contribution in [0.1, 0.15) is 39.0 Å². The molecule has 2 rings (SSSR count). The van der Waals surface area contributed by atoms with E-state index in [1.807, 2.05) is 0 Å². The molecule has 0 bridgehead atoms. The number of hydrogen-bond donors (Lipinski definition) is 2. The van der Waals surface area contributed by atoms with Gasteiger partial charge in [-0.1, -0.05) is 13.3 Å². The van der Waals surface area contributed by atoms with Crippen molar-refractivity contribution in [2.24, 2.45) is 11.7 Å². The van der Waals surface area contributed by atoms with Crippen LogP contribution < -0.4 is 11.1 Å². The molecule has 2 aliphatic carbocycles. The molecule has 0 saturated heterocycles. The first-order valence-corrected chi connectivity index (χ1v) is 5.31. The smallest absolute Gasteiger partial charge is 0.0102 e. The third-order valence-corrected chi connectivity index (χ3v) is 3.37. The Morgan fingerprint density at radius 2 is 2.17 bits per heavy atom. The van der Waals surface area contributed by atoms with Crippen LogP contribution >= 0.6 is 0 Å². The van der Waals surface area contributed by atoms with Crippen molar-refractivity contribution in [1.82, 2.24) is 5.32 Å². The highest BCUT2D eigenvalue weighted by molar-refractivity contribution is 4.96. The molecular formula is C10H20N2. The van der Waals surface area contributed by atoms with Gasteiger partial charge in [0.1, 0.15) is 0 Å². The molecule has 2 nitrogen and oxygen atoms in total. The third kappa shape index (κ3) is 1.80. The molecule has 0 aromatic carbocycles. The van der Waals surface area contributed by atoms with Gasteiger partial charge in [0.25, 0.3) is 0 Å². The van der Waals surface area contributed by atoms with E-state index >= 15 is 0 Å². The van der Waals surface area contributed by atoms with E-state index in [2.05, 4.69) is 12.2 Å². The van der Waals surface area contributed by atoms with Gasteiger partial charge in [-0.2, -0.15) is 0 Å². The SMILES string of the molecule is CCC1CC1NC1CCC(N)C1. The Balaban J connectivity index is 1.68. The van der Waals surface area contributed by atoms with Gasteiger partial charge in [0.05, 0.1) is 0 Å². The second-order valence-corrected chi connectivity index (χ2v) is 4.45. The number of nitrogens with two attached hydrogens (primary N) is 1. The van der Waals surface area contributed by atoms with Crippen molar-refractivity contribution in [1.29, 1.82) is 0 Å². The first-order chi connectivity index (χ1) is 5.79. The normalized spacial score (nSPS) is 46.5. The Morgan fingerprint density at radius 3 is 2.67 bits per heavy atom. The maximum Gasteiger partial charge on any atom is 0.0102 e. The summed E-state index contributed by atoms with van der Waals surface area (Å²) in [6.07, 6.45) is 6.47. The average Bonchev–Trinajstić information content (AvgIpc) is 2.67. The summed E-state index contributed by atoms with van der Waals surface area (Å²) in [7, 11) is 0. The van der Waals surface area contributed by atoms with Crippen LogP contribution in [0.15, 0.2) is 0 Å². The molecule has 3 N–H and O–H groups in total. The second kappa shape index (κ2) is 3.35. The first kappa shape index (κ1) is 8.52. The van der Waals surface area contributed by atoms with Gasteiger partial charge in [0.15, 0.2) is 0 Å². The Bertz CT molecular complexity index is 158. The lowest BCUT2D eigenvalue weighted by Gasteiger charge is -2.11. The summed E-state index contributed by atoms with van der Waals surface area (Å²) >= 11 is 0. The molecule has 0 amide bonds. The van der Waals surface area contributed by atoms with E-state index < -0.39 is 0 Å². The molecule has 2 saturated carbocycles. The fourth-order valence-electron chi connectivity index (χ4n) is 2.37. The highest BCUT2D eigenvalue weighted by Crippen LogP contribution is 2.34. The van der Waals surface area contributed by atoms with Crippen molar-refractivity contribution >= 4 is 0 Å². The second-order valence-electron chi connectivity index (χ2n) is 4.45. The highest BCUT2D eigenvalue weighted by Gasteiger charge is 2.37. The topological polar surface area (TPSA) is 38.0 Å². The van der Waals surface area contributed by atoms with Crippen molar-refractivity contribution in [3.63, 3.8) is 0 Å². The zero-order valence-corrected chi connectivity index (χ0v) is 7.92. The van der Waals surface area contributed by atoms with Crippen LogP contribution in [0.4, 0.5) is 0 Å². The van der Waals surface area contributed by atoms with Gasteiger partial charge in [0, 0.05) is 18.1 Å². The van der Waals surface area contributed by atoms with Gasteiger partial charge in [-0.3, -0.25) is 0 Å². The van der Waals surface area contributed by atoms with E-state index in [1.54, 1.807) is 0 Å². The molecule has 0 heterocycles. The molecule has 4 atom stereocenters. The Labute approximate surface area is 74.9 Å². The van der Waals surface area contributed by atoms with Crippen LogP contribution in [0.3, 0.4) is 0 Å². The zero-order valence-electron chi connectivity index (χ0n) is 7.92. The van der Waals surface area contributed by atoms with E-state index in [-0.39, 0.29) is 0 Å². The monoisotopic (exact) mass is 168 g/mol. The minimum absolute atomic E-state index is 0.473. The van der Waals surface area contributed by atoms with Crippen molar-refractivity contribution in [3.05, 3.63) is 0 Å². The van der Waals surface area contributed by atoms with Crippen LogP contribution in [0.5, 0.6) is 0 Å². The van der Waals surface area contributed by atoms with Gasteiger partial charge < -0.3 is 11.1 Å². The quantitative estimate of drug-likeness (QED) is 0.665. The zero-order chi connectivity index (χ0) is 8.55. The lowest BCUT2D eigenvalue weighted by atomic mass is 10.2. The summed E-state index contributed by atoms with van der Waals surface area (Å²) in [5, 5.41) is 3.70. The third-order valence-electron chi connectivity index (χ3n) is 3.37. The van der Waals surface area contributed by atoms with Gasteiger partial charge in [-0.15, -0.1) is 0 Å². The Hall–Kier alpha value is -0.0800. The molecule has 0 aromatic heterocycles. The number of rotatable bonds is 3. The molecule has 0 spiro atoms. The highest BCUT2D eigenvalue weighted by atomic mass is 15.0. The summed E-state index contributed by atoms with van der Waals surface area (Å²) in [5.74, 6) is 0.974. The van der Waals surface area contributed by atoms with Crippen LogP contribution in [0.2, 0.25) is 0 Å². The van der Waals surface area contributed by atoms with Gasteiger partial charge in [-0.05, 0) is 31.6 Å². The molecule has 2 heteroatoms. The Kier molecular flexibility index (Phi) is 2.37. The lowest BCUT2D eigenvalue weighted by molar-refractivity contribution is 0.494. The van der Waals surface area contributed by atoms with Crippen molar-refractivity contribution < 1.29 is 0 Å². The van der Waals surface area contributed by atoms with Crippen LogP contribution in [0.25, 0.3) is 0 Å². The first-order valence-electron chi connectivity index (χ1n) is 5.31. The Morgan fingerprint density at radius 1 is 1.33 bits per heavy atom. The lowest BCUT2D eigenvalue weighted by Crippen LogP contribution is -2.31. The van der Waals surface area contributed by atoms with Gasteiger partial charge in [0.2, 0.25) is 0 Å². The van der Waals surface area contributed by atoms with Crippen LogP contribution in [-0.4, -0.2) is 18.1 Å². The number of nitrogens with one attached hydrogen (secondary N) is 1. The average molecular weight is 168 g/mol. The van der Waals surface area contributed by atoms with Crippen LogP contribution in [-0.2, 0) is 0 Å². The summed E-state index contributed by atoms with van der Waals surface area (Å²) in [6, 6.07) is 2.05. The van der Waals surface area contributed by atoms with E-state index in [0.717, 1.165) is 18.0 Å². The fourth-order valence-corrected chi connectivity index (χ4v) is 2.37. The number of hydrogen-bond acceptors (Lipinski definition) is 2. The minimum atomic E-state index is 0.473. The largest absolute Gasteiger partial charge is 0.328 e. The predicted octanol–water partition coefficient (Wildman–Crippen LogP) is 1.25. The molecule has 0 radical (unpaired) electrons. The van der Waals surface area contributed by atoms with Gasteiger partial charge >= 0.3 is 0 Å².